The summed E-state index contributed by atoms with van der Waals surface area (Å²) in [7, 11) is 0. The number of carbonyl (C=O) groups excluding carboxylic acids is 3. The molecule has 0 saturated carbocycles. The van der Waals surface area contributed by atoms with Crippen molar-refractivity contribution in [3.63, 3.8) is 0 Å². The van der Waals surface area contributed by atoms with Crippen LogP contribution in [0, 0.1) is 5.82 Å². The summed E-state index contributed by atoms with van der Waals surface area (Å²) >= 11 is 3.64. The van der Waals surface area contributed by atoms with Crippen molar-refractivity contribution in [2.24, 2.45) is 0 Å². The molecule has 8 nitrogen and oxygen atoms in total. The summed E-state index contributed by atoms with van der Waals surface area (Å²) in [6.07, 6.45) is 0. The van der Waals surface area contributed by atoms with E-state index < -0.39 is 40.8 Å². The van der Waals surface area contributed by atoms with E-state index in [1.807, 2.05) is 20.8 Å². The molecule has 204 valence electrons. The zero-order valence-corrected chi connectivity index (χ0v) is 24.2. The first-order valence-corrected chi connectivity index (χ1v) is 12.9. The summed E-state index contributed by atoms with van der Waals surface area (Å²) in [5, 5.41) is 2.92. The Morgan fingerprint density at radius 2 is 1.54 bits per heavy atom. The molecule has 0 spiro atoms. The first-order chi connectivity index (χ1) is 17.1. The van der Waals surface area contributed by atoms with Gasteiger partial charge in [0.1, 0.15) is 11.4 Å². The van der Waals surface area contributed by atoms with Gasteiger partial charge in [0.15, 0.2) is 0 Å². The number of hydrogen-bond acceptors (Lipinski definition) is 7. The van der Waals surface area contributed by atoms with Crippen LogP contribution in [0.25, 0.3) is 5.69 Å². The third-order valence-corrected chi connectivity index (χ3v) is 5.92. The minimum atomic E-state index is -1.44. The van der Waals surface area contributed by atoms with Crippen molar-refractivity contribution < 1.29 is 33.0 Å². The Kier molecular flexibility index (Phi) is 10.1. The first kappa shape index (κ1) is 30.5. The van der Waals surface area contributed by atoms with Crippen LogP contribution in [0.15, 0.2) is 28.9 Å². The van der Waals surface area contributed by atoms with Crippen molar-refractivity contribution in [1.29, 1.82) is 0 Å². The van der Waals surface area contributed by atoms with Crippen LogP contribution in [0.4, 0.5) is 4.39 Å². The van der Waals surface area contributed by atoms with E-state index in [1.165, 1.54) is 12.1 Å². The topological polar surface area (TPSA) is 95.9 Å². The molecule has 0 bridgehead atoms. The second-order valence-corrected chi connectivity index (χ2v) is 11.1. The Hall–Kier alpha value is -2.72. The number of esters is 3. The summed E-state index contributed by atoms with van der Waals surface area (Å²) in [5.74, 6) is -2.58. The van der Waals surface area contributed by atoms with Crippen molar-refractivity contribution in [3.05, 3.63) is 51.5 Å². The van der Waals surface area contributed by atoms with Crippen molar-refractivity contribution in [1.82, 2.24) is 9.88 Å². The number of benzene rings is 1. The summed E-state index contributed by atoms with van der Waals surface area (Å²) in [5.41, 5.74) is 0.584. The molecule has 0 radical (unpaired) electrons. The second kappa shape index (κ2) is 12.2. The highest BCUT2D eigenvalue weighted by Gasteiger charge is 2.36. The van der Waals surface area contributed by atoms with Crippen molar-refractivity contribution in [2.45, 2.75) is 79.0 Å². The maximum Gasteiger partial charge on any atom is 0.340 e. The van der Waals surface area contributed by atoms with Crippen LogP contribution in [-0.4, -0.2) is 47.3 Å². The van der Waals surface area contributed by atoms with Gasteiger partial charge in [-0.15, -0.1) is 0 Å². The van der Waals surface area contributed by atoms with Gasteiger partial charge in [0.05, 0.1) is 29.1 Å². The minimum absolute atomic E-state index is 0.0690. The lowest BCUT2D eigenvalue weighted by atomic mass is 9.85. The average molecular weight is 583 g/mol. The van der Waals surface area contributed by atoms with E-state index in [4.69, 9.17) is 14.2 Å². The predicted molar refractivity (Wildman–Crippen MR) is 141 cm³/mol. The van der Waals surface area contributed by atoms with Crippen LogP contribution in [0.1, 0.15) is 77.0 Å². The van der Waals surface area contributed by atoms with Gasteiger partial charge in [-0.3, -0.25) is 5.32 Å². The van der Waals surface area contributed by atoms with Gasteiger partial charge in [-0.2, -0.15) is 0 Å². The van der Waals surface area contributed by atoms with Gasteiger partial charge in [0, 0.05) is 17.8 Å². The van der Waals surface area contributed by atoms with E-state index >= 15 is 0 Å². The number of halogens is 2. The third kappa shape index (κ3) is 7.64. The monoisotopic (exact) mass is 582 g/mol. The Balaban J connectivity index is 2.71. The molecule has 0 saturated heterocycles. The molecule has 1 unspecified atom stereocenters. The van der Waals surface area contributed by atoms with Gasteiger partial charge in [-0.1, -0.05) is 20.8 Å². The standard InChI is InChI=1S/C27H36BrFN2O6/c1-9-35-23(32)19-18(15-30-21(24(33)36-10-2)25(34)37-27(6,7)8)31(17-13-11-16(29)12-14-17)22(28)20(19)26(3,4)5/h11-14,21,30H,9-10,15H2,1-8H3. The zero-order chi connectivity index (χ0) is 28.1. The second-order valence-electron chi connectivity index (χ2n) is 10.4. The highest BCUT2D eigenvalue weighted by Crippen LogP contribution is 2.39. The molecule has 10 heteroatoms. The van der Waals surface area contributed by atoms with E-state index in [0.717, 1.165) is 0 Å². The molecule has 0 fully saturated rings. The molecule has 1 heterocycles. The Labute approximate surface area is 226 Å². The maximum atomic E-state index is 13.7. The number of nitrogens with one attached hydrogen (secondary N) is 1. The van der Waals surface area contributed by atoms with E-state index in [9.17, 15) is 18.8 Å². The number of ether oxygens (including phenoxy) is 3. The van der Waals surface area contributed by atoms with E-state index in [0.29, 0.717) is 21.5 Å². The molecule has 2 rings (SSSR count). The number of carbonyl (C=O) groups is 3. The molecule has 0 aliphatic rings. The molecule has 37 heavy (non-hydrogen) atoms. The number of rotatable bonds is 9. The molecule has 1 atom stereocenters. The Morgan fingerprint density at radius 1 is 0.973 bits per heavy atom. The molecular formula is C27H36BrFN2O6. The Bertz CT molecular complexity index is 1130. The lowest BCUT2D eigenvalue weighted by Gasteiger charge is -2.24. The van der Waals surface area contributed by atoms with Gasteiger partial charge < -0.3 is 18.8 Å². The van der Waals surface area contributed by atoms with Gasteiger partial charge in [-0.05, 0) is 80.2 Å². The minimum Gasteiger partial charge on any atom is -0.464 e. The largest absolute Gasteiger partial charge is 0.464 e. The van der Waals surface area contributed by atoms with Crippen LogP contribution >= 0.6 is 15.9 Å². The molecule has 1 aromatic carbocycles. The van der Waals surface area contributed by atoms with Crippen LogP contribution in [-0.2, 0) is 35.8 Å². The van der Waals surface area contributed by atoms with Crippen molar-refractivity contribution in [3.8, 4) is 5.69 Å². The predicted octanol–water partition coefficient (Wildman–Crippen LogP) is 5.22. The quantitative estimate of drug-likeness (QED) is 0.246. The molecule has 0 aliphatic heterocycles. The Morgan fingerprint density at radius 3 is 2.03 bits per heavy atom. The fourth-order valence-corrected chi connectivity index (χ4v) is 4.98. The van der Waals surface area contributed by atoms with E-state index in [2.05, 4.69) is 21.2 Å². The summed E-state index contributed by atoms with van der Waals surface area (Å²) in [6, 6.07) is 4.32. The molecule has 2 aromatic rings. The van der Waals surface area contributed by atoms with Gasteiger partial charge >= 0.3 is 17.9 Å². The SMILES string of the molecule is CCOC(=O)c1c(C(C)(C)C)c(Br)n(-c2ccc(F)cc2)c1CNC(C(=O)OCC)C(=O)OC(C)(C)C. The normalized spacial score (nSPS) is 12.7. The number of nitrogens with zero attached hydrogens (tertiary/aromatic N) is 1. The lowest BCUT2D eigenvalue weighted by molar-refractivity contribution is -0.165. The van der Waals surface area contributed by atoms with Crippen LogP contribution in [0.2, 0.25) is 0 Å². The van der Waals surface area contributed by atoms with E-state index in [1.54, 1.807) is 51.3 Å². The maximum absolute atomic E-state index is 13.7. The molecular weight excluding hydrogens is 547 g/mol. The smallest absolute Gasteiger partial charge is 0.340 e. The highest BCUT2D eigenvalue weighted by atomic mass is 79.9. The zero-order valence-electron chi connectivity index (χ0n) is 22.7. The van der Waals surface area contributed by atoms with Crippen molar-refractivity contribution in [2.75, 3.05) is 13.2 Å². The fourth-order valence-electron chi connectivity index (χ4n) is 3.77. The van der Waals surface area contributed by atoms with Gasteiger partial charge in [0.25, 0.3) is 0 Å². The van der Waals surface area contributed by atoms with Crippen LogP contribution in [0.3, 0.4) is 0 Å². The number of hydrogen-bond donors (Lipinski definition) is 1. The highest BCUT2D eigenvalue weighted by molar-refractivity contribution is 9.10. The van der Waals surface area contributed by atoms with Crippen molar-refractivity contribution >= 4 is 33.8 Å². The van der Waals surface area contributed by atoms with Gasteiger partial charge in [-0.25, -0.2) is 18.8 Å². The van der Waals surface area contributed by atoms with Gasteiger partial charge in [0.2, 0.25) is 6.04 Å². The molecule has 0 aliphatic carbocycles. The molecule has 1 aromatic heterocycles. The summed E-state index contributed by atoms with van der Waals surface area (Å²) < 4.78 is 32.0. The number of aromatic nitrogens is 1. The fraction of sp³-hybridized carbons (Fsp3) is 0.519. The average Bonchev–Trinajstić information content (AvgIpc) is 3.06. The summed E-state index contributed by atoms with van der Waals surface area (Å²) in [4.78, 5) is 38.9. The first-order valence-electron chi connectivity index (χ1n) is 12.1. The molecule has 1 N–H and O–H groups in total. The van der Waals surface area contributed by atoms with Crippen LogP contribution < -0.4 is 5.32 Å². The van der Waals surface area contributed by atoms with Crippen LogP contribution in [0.5, 0.6) is 0 Å². The lowest BCUT2D eigenvalue weighted by Crippen LogP contribution is -2.47. The summed E-state index contributed by atoms with van der Waals surface area (Å²) in [6.45, 7) is 14.4. The third-order valence-electron chi connectivity index (χ3n) is 5.16. The molecule has 0 amide bonds. The van der Waals surface area contributed by atoms with E-state index in [-0.39, 0.29) is 25.3 Å².